The normalized spacial score (nSPS) is 10.6. The average Bonchev–Trinajstić information content (AvgIpc) is 2.96. The van der Waals surface area contributed by atoms with Crippen molar-refractivity contribution in [1.82, 2.24) is 4.90 Å². The molecule has 7 heteroatoms. The molecule has 0 spiro atoms. The summed E-state index contributed by atoms with van der Waals surface area (Å²) < 4.78 is 0. The quantitative estimate of drug-likeness (QED) is 0.153. The maximum atomic E-state index is 12.8. The van der Waals surface area contributed by atoms with Crippen molar-refractivity contribution in [2.24, 2.45) is 0 Å². The highest BCUT2D eigenvalue weighted by Crippen LogP contribution is 2.25. The monoisotopic (exact) mass is 560 g/mol. The van der Waals surface area contributed by atoms with Gasteiger partial charge in [-0.05, 0) is 74.7 Å². The zero-order valence-electron chi connectivity index (χ0n) is 25.0. The number of carboxylic acid groups (broad SMARTS) is 1. The molecule has 0 saturated carbocycles. The van der Waals surface area contributed by atoms with Crippen LogP contribution in [0.5, 0.6) is 5.75 Å². The lowest BCUT2D eigenvalue weighted by Crippen LogP contribution is -2.33. The SMILES string of the molecule is CCCCCCc1c(C(=O)O)cccc1C(=O)c1ccccc1O.CCN(CC)CC(=O)Nc1c(C)cccc1C. The molecule has 220 valence electrons. The predicted molar refractivity (Wildman–Crippen MR) is 165 cm³/mol. The van der Waals surface area contributed by atoms with Gasteiger partial charge in [-0.2, -0.15) is 0 Å². The zero-order valence-corrected chi connectivity index (χ0v) is 25.0. The smallest absolute Gasteiger partial charge is 0.335 e. The number of amides is 1. The van der Waals surface area contributed by atoms with Crippen molar-refractivity contribution in [3.63, 3.8) is 0 Å². The summed E-state index contributed by atoms with van der Waals surface area (Å²) in [5.74, 6) is -1.42. The van der Waals surface area contributed by atoms with Crippen LogP contribution in [0.25, 0.3) is 0 Å². The number of phenolic OH excluding ortho intramolecular Hbond substituents is 1. The average molecular weight is 561 g/mol. The van der Waals surface area contributed by atoms with Gasteiger partial charge >= 0.3 is 5.97 Å². The third-order valence-corrected chi connectivity index (χ3v) is 7.09. The van der Waals surface area contributed by atoms with E-state index >= 15 is 0 Å². The number of para-hydroxylation sites is 2. The number of nitrogens with zero attached hydrogens (tertiary/aromatic N) is 1. The number of anilines is 1. The van der Waals surface area contributed by atoms with Crippen LogP contribution in [0, 0.1) is 13.8 Å². The Balaban J connectivity index is 0.000000305. The van der Waals surface area contributed by atoms with E-state index < -0.39 is 5.97 Å². The molecule has 0 aromatic heterocycles. The van der Waals surface area contributed by atoms with Gasteiger partial charge in [0.1, 0.15) is 5.75 Å². The fraction of sp³-hybridized carbons (Fsp3) is 0.382. The molecule has 3 aromatic carbocycles. The van der Waals surface area contributed by atoms with Gasteiger partial charge in [-0.25, -0.2) is 4.79 Å². The number of aromatic carboxylic acids is 1. The number of hydrogen-bond acceptors (Lipinski definition) is 5. The molecule has 0 aliphatic heterocycles. The van der Waals surface area contributed by atoms with E-state index in [0.29, 0.717) is 24.1 Å². The minimum Gasteiger partial charge on any atom is -0.507 e. The van der Waals surface area contributed by atoms with Gasteiger partial charge in [0.2, 0.25) is 5.91 Å². The number of carbonyl (C=O) groups excluding carboxylic acids is 2. The first-order valence-electron chi connectivity index (χ1n) is 14.4. The topological polar surface area (TPSA) is 107 Å². The molecule has 41 heavy (non-hydrogen) atoms. The lowest BCUT2D eigenvalue weighted by atomic mass is 9.91. The summed E-state index contributed by atoms with van der Waals surface area (Å²) in [7, 11) is 0. The number of ketones is 1. The van der Waals surface area contributed by atoms with Crippen molar-refractivity contribution < 1.29 is 24.6 Å². The highest BCUT2D eigenvalue weighted by Gasteiger charge is 2.21. The van der Waals surface area contributed by atoms with Crippen LogP contribution in [0.2, 0.25) is 0 Å². The highest BCUT2D eigenvalue weighted by molar-refractivity contribution is 6.12. The van der Waals surface area contributed by atoms with Crippen LogP contribution in [-0.2, 0) is 11.2 Å². The third-order valence-electron chi connectivity index (χ3n) is 7.09. The molecule has 0 bridgehead atoms. The molecular formula is C34H44N2O5. The third kappa shape index (κ3) is 9.87. The Labute approximate surface area is 244 Å². The lowest BCUT2D eigenvalue weighted by molar-refractivity contribution is -0.117. The fourth-order valence-corrected chi connectivity index (χ4v) is 4.65. The summed E-state index contributed by atoms with van der Waals surface area (Å²) in [5, 5.41) is 22.4. The van der Waals surface area contributed by atoms with Gasteiger partial charge in [0.05, 0.1) is 17.7 Å². The van der Waals surface area contributed by atoms with Gasteiger partial charge in [0.25, 0.3) is 0 Å². The summed E-state index contributed by atoms with van der Waals surface area (Å²) in [4.78, 5) is 38.3. The molecular weight excluding hydrogens is 516 g/mol. The Morgan fingerprint density at radius 2 is 1.34 bits per heavy atom. The van der Waals surface area contributed by atoms with E-state index in [0.717, 1.165) is 55.6 Å². The first-order chi connectivity index (χ1) is 19.6. The molecule has 0 saturated heterocycles. The van der Waals surface area contributed by atoms with Gasteiger partial charge in [0, 0.05) is 11.3 Å². The van der Waals surface area contributed by atoms with Gasteiger partial charge in [0.15, 0.2) is 5.78 Å². The van der Waals surface area contributed by atoms with Crippen molar-refractivity contribution in [1.29, 1.82) is 0 Å². The van der Waals surface area contributed by atoms with E-state index in [2.05, 4.69) is 31.0 Å². The minimum atomic E-state index is -1.03. The van der Waals surface area contributed by atoms with E-state index in [9.17, 15) is 24.6 Å². The number of carbonyl (C=O) groups is 3. The maximum absolute atomic E-state index is 12.8. The number of benzene rings is 3. The largest absolute Gasteiger partial charge is 0.507 e. The van der Waals surface area contributed by atoms with Crippen molar-refractivity contribution in [3.05, 3.63) is 94.0 Å². The molecule has 0 radical (unpaired) electrons. The molecule has 0 fully saturated rings. The van der Waals surface area contributed by atoms with E-state index in [1.54, 1.807) is 30.3 Å². The Morgan fingerprint density at radius 3 is 1.93 bits per heavy atom. The molecule has 0 aliphatic rings. The Morgan fingerprint density at radius 1 is 0.756 bits per heavy atom. The first-order valence-corrected chi connectivity index (χ1v) is 14.4. The molecule has 3 rings (SSSR count). The second-order valence-electron chi connectivity index (χ2n) is 10.1. The summed E-state index contributed by atoms with van der Waals surface area (Å²) in [6.07, 6.45) is 4.53. The summed E-state index contributed by atoms with van der Waals surface area (Å²) in [6, 6.07) is 17.1. The molecule has 0 aliphatic carbocycles. The van der Waals surface area contributed by atoms with Crippen LogP contribution in [-0.4, -0.2) is 52.4 Å². The Bertz CT molecular complexity index is 1290. The first kappa shape index (κ1) is 33.2. The van der Waals surface area contributed by atoms with Gasteiger partial charge in [-0.15, -0.1) is 0 Å². The number of hydrogen-bond donors (Lipinski definition) is 3. The minimum absolute atomic E-state index is 0.0612. The molecule has 0 atom stereocenters. The lowest BCUT2D eigenvalue weighted by Gasteiger charge is -2.18. The number of phenols is 1. The van der Waals surface area contributed by atoms with Crippen LogP contribution in [0.1, 0.15) is 89.4 Å². The standard InChI is InChI=1S/C20H22O4.C14H22N2O/c1-2-3-4-5-9-14-15(11-8-12-16(14)20(23)24)19(22)17-10-6-7-13-18(17)21;1-5-16(6-2)10-13(17)15-14-11(3)8-7-9-12(14)4/h6-8,10-13,21H,2-5,9H2,1H3,(H,23,24);7-9H,5-6,10H2,1-4H3,(H,15,17). The molecule has 1 amide bonds. The number of aryl methyl sites for hydroxylation is 2. The van der Waals surface area contributed by atoms with Gasteiger partial charge in [-0.3, -0.25) is 14.5 Å². The number of aromatic hydroxyl groups is 1. The number of likely N-dealkylation sites (N-methyl/N-ethyl adjacent to an activating group) is 1. The van der Waals surface area contributed by atoms with Crippen LogP contribution in [0.4, 0.5) is 5.69 Å². The Kier molecular flexibility index (Phi) is 13.8. The number of nitrogens with one attached hydrogen (secondary N) is 1. The predicted octanol–water partition coefficient (Wildman–Crippen LogP) is 7.03. The number of carboxylic acids is 1. The molecule has 0 heterocycles. The molecule has 3 aromatic rings. The summed E-state index contributed by atoms with van der Waals surface area (Å²) in [5.41, 5.74) is 4.42. The second kappa shape index (κ2) is 17.0. The van der Waals surface area contributed by atoms with E-state index in [-0.39, 0.29) is 28.6 Å². The molecule has 3 N–H and O–H groups in total. The number of rotatable bonds is 13. The Hall–Kier alpha value is -3.97. The van der Waals surface area contributed by atoms with Crippen LogP contribution in [0.15, 0.2) is 60.7 Å². The maximum Gasteiger partial charge on any atom is 0.335 e. The van der Waals surface area contributed by atoms with Crippen molar-refractivity contribution >= 4 is 23.3 Å². The summed E-state index contributed by atoms with van der Waals surface area (Å²) in [6.45, 7) is 12.5. The van der Waals surface area contributed by atoms with E-state index in [1.807, 2.05) is 32.0 Å². The van der Waals surface area contributed by atoms with Crippen LogP contribution >= 0.6 is 0 Å². The fourth-order valence-electron chi connectivity index (χ4n) is 4.65. The van der Waals surface area contributed by atoms with Gasteiger partial charge < -0.3 is 15.5 Å². The van der Waals surface area contributed by atoms with Crippen molar-refractivity contribution in [2.45, 2.75) is 66.7 Å². The summed E-state index contributed by atoms with van der Waals surface area (Å²) >= 11 is 0. The zero-order chi connectivity index (χ0) is 30.4. The van der Waals surface area contributed by atoms with E-state index in [4.69, 9.17) is 0 Å². The van der Waals surface area contributed by atoms with E-state index in [1.165, 1.54) is 12.1 Å². The van der Waals surface area contributed by atoms with Crippen molar-refractivity contribution in [3.8, 4) is 5.75 Å². The molecule has 7 nitrogen and oxygen atoms in total. The van der Waals surface area contributed by atoms with Gasteiger partial charge in [-0.1, -0.05) is 82.5 Å². The van der Waals surface area contributed by atoms with Crippen LogP contribution < -0.4 is 5.32 Å². The second-order valence-corrected chi connectivity index (χ2v) is 10.1. The highest BCUT2D eigenvalue weighted by atomic mass is 16.4. The van der Waals surface area contributed by atoms with Crippen LogP contribution in [0.3, 0.4) is 0 Å². The number of unbranched alkanes of at least 4 members (excludes halogenated alkanes) is 3. The molecule has 0 unspecified atom stereocenters. The van der Waals surface area contributed by atoms with Crippen molar-refractivity contribution in [2.75, 3.05) is 25.0 Å².